The van der Waals surface area contributed by atoms with Gasteiger partial charge in [0.05, 0.1) is 12.3 Å². The summed E-state index contributed by atoms with van der Waals surface area (Å²) in [6, 6.07) is 3.94. The highest BCUT2D eigenvalue weighted by molar-refractivity contribution is 5.79. The number of guanidine groups is 1. The fraction of sp³-hybridized carbons (Fsp3) is 0.526. The molecule has 0 spiro atoms. The molecule has 2 N–H and O–H groups in total. The summed E-state index contributed by atoms with van der Waals surface area (Å²) in [6.45, 7) is 8.20. The van der Waals surface area contributed by atoms with Gasteiger partial charge in [-0.25, -0.2) is 4.98 Å². The van der Waals surface area contributed by atoms with Gasteiger partial charge in [-0.15, -0.1) is 0 Å². The van der Waals surface area contributed by atoms with E-state index in [1.165, 1.54) is 5.56 Å². The molecule has 0 aromatic carbocycles. The van der Waals surface area contributed by atoms with Crippen LogP contribution in [0.3, 0.4) is 0 Å². The summed E-state index contributed by atoms with van der Waals surface area (Å²) in [5.74, 6) is 1.42. The molecule has 0 amide bonds. The van der Waals surface area contributed by atoms with E-state index in [9.17, 15) is 0 Å². The summed E-state index contributed by atoms with van der Waals surface area (Å²) in [5.41, 5.74) is 4.40. The van der Waals surface area contributed by atoms with Crippen LogP contribution in [-0.4, -0.2) is 34.4 Å². The summed E-state index contributed by atoms with van der Waals surface area (Å²) < 4.78 is 7.69. The quantitative estimate of drug-likeness (QED) is 0.431. The van der Waals surface area contributed by atoms with Crippen molar-refractivity contribution >= 4 is 5.96 Å². The highest BCUT2D eigenvalue weighted by Gasteiger charge is 2.10. The fourth-order valence-corrected chi connectivity index (χ4v) is 2.65. The van der Waals surface area contributed by atoms with Crippen LogP contribution in [0.25, 0.3) is 0 Å². The number of aromatic nitrogens is 3. The predicted molar refractivity (Wildman–Crippen MR) is 104 cm³/mol. The third kappa shape index (κ3) is 5.21. The average Bonchev–Trinajstić information content (AvgIpc) is 2.88. The molecule has 0 saturated carbocycles. The molecule has 142 valence electrons. The molecule has 0 aliphatic heterocycles. The summed E-state index contributed by atoms with van der Waals surface area (Å²) in [7, 11) is 3.72. The first-order valence-electron chi connectivity index (χ1n) is 9.07. The van der Waals surface area contributed by atoms with Crippen molar-refractivity contribution < 1.29 is 4.74 Å². The van der Waals surface area contributed by atoms with E-state index in [1.54, 1.807) is 13.2 Å². The van der Waals surface area contributed by atoms with Gasteiger partial charge in [-0.2, -0.15) is 5.10 Å². The van der Waals surface area contributed by atoms with Crippen LogP contribution in [-0.2, 0) is 20.1 Å². The maximum absolute atomic E-state index is 5.78. The maximum atomic E-state index is 5.78. The van der Waals surface area contributed by atoms with Crippen molar-refractivity contribution in [1.29, 1.82) is 0 Å². The molecule has 0 radical (unpaired) electrons. The number of pyridine rings is 1. The van der Waals surface area contributed by atoms with Crippen LogP contribution in [0.2, 0.25) is 0 Å². The Hall–Kier alpha value is -2.57. The molecular formula is C19H30N6O. The van der Waals surface area contributed by atoms with Crippen molar-refractivity contribution in [2.24, 2.45) is 12.0 Å². The Balaban J connectivity index is 1.93. The largest absolute Gasteiger partial charge is 0.477 e. The number of hydrogen-bond acceptors (Lipinski definition) is 4. The third-order valence-corrected chi connectivity index (χ3v) is 4.35. The molecule has 0 atom stereocenters. The van der Waals surface area contributed by atoms with Gasteiger partial charge in [0.15, 0.2) is 5.96 Å². The first-order chi connectivity index (χ1) is 12.6. The lowest BCUT2D eigenvalue weighted by molar-refractivity contribution is 0.294. The minimum Gasteiger partial charge on any atom is -0.477 e. The average molecular weight is 358 g/mol. The van der Waals surface area contributed by atoms with Crippen LogP contribution in [0, 0.1) is 13.8 Å². The molecule has 0 aliphatic rings. The molecule has 2 rings (SSSR count). The van der Waals surface area contributed by atoms with Crippen molar-refractivity contribution in [2.45, 2.75) is 46.7 Å². The van der Waals surface area contributed by atoms with E-state index in [-0.39, 0.29) is 0 Å². The van der Waals surface area contributed by atoms with Crippen LogP contribution in [0.5, 0.6) is 5.88 Å². The van der Waals surface area contributed by atoms with E-state index in [4.69, 9.17) is 4.74 Å². The molecule has 2 heterocycles. The van der Waals surface area contributed by atoms with Gasteiger partial charge in [-0.3, -0.25) is 9.67 Å². The number of aliphatic imine (C=N–C) groups is 1. The molecular weight excluding hydrogens is 328 g/mol. The SMILES string of the molecule is CCCCOc1ncccc1CNC(=NC)NCc1c(C)nn(C)c1C. The van der Waals surface area contributed by atoms with Gasteiger partial charge in [-0.1, -0.05) is 19.4 Å². The minimum atomic E-state index is 0.597. The van der Waals surface area contributed by atoms with Gasteiger partial charge in [0, 0.05) is 50.2 Å². The third-order valence-electron chi connectivity index (χ3n) is 4.35. The standard InChI is InChI=1S/C19H30N6O/c1-6-7-11-26-18-16(9-8-10-21-18)12-22-19(20-4)23-13-17-14(2)24-25(5)15(17)3/h8-10H,6-7,11-13H2,1-5H3,(H2,20,22,23). The second-order valence-electron chi connectivity index (χ2n) is 6.22. The zero-order valence-electron chi connectivity index (χ0n) is 16.5. The normalized spacial score (nSPS) is 11.5. The summed E-state index contributed by atoms with van der Waals surface area (Å²) in [6.07, 6.45) is 3.88. The summed E-state index contributed by atoms with van der Waals surface area (Å²) >= 11 is 0. The lowest BCUT2D eigenvalue weighted by Gasteiger charge is -2.14. The molecule has 0 unspecified atom stereocenters. The first-order valence-corrected chi connectivity index (χ1v) is 9.07. The molecule has 26 heavy (non-hydrogen) atoms. The van der Waals surface area contributed by atoms with Gasteiger partial charge < -0.3 is 15.4 Å². The predicted octanol–water partition coefficient (Wildman–Crippen LogP) is 2.48. The van der Waals surface area contributed by atoms with Gasteiger partial charge in [0.1, 0.15) is 0 Å². The Morgan fingerprint density at radius 3 is 2.69 bits per heavy atom. The minimum absolute atomic E-state index is 0.597. The number of nitrogens with one attached hydrogen (secondary N) is 2. The monoisotopic (exact) mass is 358 g/mol. The van der Waals surface area contributed by atoms with E-state index in [1.807, 2.05) is 30.8 Å². The van der Waals surface area contributed by atoms with Gasteiger partial charge in [-0.05, 0) is 26.3 Å². The van der Waals surface area contributed by atoms with Crippen molar-refractivity contribution in [1.82, 2.24) is 25.4 Å². The van der Waals surface area contributed by atoms with Crippen LogP contribution >= 0.6 is 0 Å². The molecule has 0 aliphatic carbocycles. The molecule has 7 heteroatoms. The Labute approximate surface area is 155 Å². The number of nitrogens with zero attached hydrogens (tertiary/aromatic N) is 4. The van der Waals surface area contributed by atoms with E-state index in [0.29, 0.717) is 25.6 Å². The lowest BCUT2D eigenvalue weighted by Crippen LogP contribution is -2.36. The second-order valence-corrected chi connectivity index (χ2v) is 6.22. The molecule has 2 aromatic heterocycles. The Morgan fingerprint density at radius 2 is 2.04 bits per heavy atom. The van der Waals surface area contributed by atoms with Gasteiger partial charge in [0.2, 0.25) is 5.88 Å². The number of aryl methyl sites for hydroxylation is 2. The van der Waals surface area contributed by atoms with E-state index < -0.39 is 0 Å². The van der Waals surface area contributed by atoms with E-state index >= 15 is 0 Å². The van der Waals surface area contributed by atoms with Crippen molar-refractivity contribution in [3.05, 3.63) is 40.8 Å². The zero-order valence-corrected chi connectivity index (χ0v) is 16.5. The second kappa shape index (κ2) is 9.79. The molecule has 0 saturated heterocycles. The lowest BCUT2D eigenvalue weighted by atomic mass is 10.2. The van der Waals surface area contributed by atoms with Crippen molar-refractivity contribution in [3.63, 3.8) is 0 Å². The van der Waals surface area contributed by atoms with Crippen LogP contribution in [0.15, 0.2) is 23.3 Å². The Morgan fingerprint density at radius 1 is 1.27 bits per heavy atom. The van der Waals surface area contributed by atoms with Crippen molar-refractivity contribution in [3.8, 4) is 5.88 Å². The Bertz CT molecular complexity index is 738. The number of hydrogen-bond donors (Lipinski definition) is 2. The zero-order chi connectivity index (χ0) is 18.9. The van der Waals surface area contributed by atoms with E-state index in [0.717, 1.165) is 35.8 Å². The van der Waals surface area contributed by atoms with E-state index in [2.05, 4.69) is 39.6 Å². The molecule has 0 fully saturated rings. The van der Waals surface area contributed by atoms with Crippen LogP contribution < -0.4 is 15.4 Å². The number of unbranched alkanes of at least 4 members (excludes halogenated alkanes) is 1. The summed E-state index contributed by atoms with van der Waals surface area (Å²) in [4.78, 5) is 8.64. The molecule has 7 nitrogen and oxygen atoms in total. The fourth-order valence-electron chi connectivity index (χ4n) is 2.65. The molecule has 2 aromatic rings. The summed E-state index contributed by atoms with van der Waals surface area (Å²) in [5, 5.41) is 11.1. The smallest absolute Gasteiger partial charge is 0.218 e. The highest BCUT2D eigenvalue weighted by atomic mass is 16.5. The molecule has 0 bridgehead atoms. The maximum Gasteiger partial charge on any atom is 0.218 e. The van der Waals surface area contributed by atoms with Crippen LogP contribution in [0.4, 0.5) is 0 Å². The number of ether oxygens (including phenoxy) is 1. The number of rotatable bonds is 8. The Kier molecular flexibility index (Phi) is 7.44. The van der Waals surface area contributed by atoms with Crippen LogP contribution in [0.1, 0.15) is 42.3 Å². The van der Waals surface area contributed by atoms with Gasteiger partial charge in [0.25, 0.3) is 0 Å². The first kappa shape index (κ1) is 19.8. The van der Waals surface area contributed by atoms with Crippen molar-refractivity contribution in [2.75, 3.05) is 13.7 Å². The topological polar surface area (TPSA) is 76.4 Å². The van der Waals surface area contributed by atoms with Gasteiger partial charge >= 0.3 is 0 Å². The highest BCUT2D eigenvalue weighted by Crippen LogP contribution is 2.14.